The van der Waals surface area contributed by atoms with Gasteiger partial charge in [0.25, 0.3) is 15.6 Å². The Balaban J connectivity index is 1.62. The quantitative estimate of drug-likeness (QED) is 0.266. The Bertz CT molecular complexity index is 1740. The summed E-state index contributed by atoms with van der Waals surface area (Å²) in [7, 11) is -3.90. The predicted molar refractivity (Wildman–Crippen MR) is 141 cm³/mol. The lowest BCUT2D eigenvalue weighted by Crippen LogP contribution is -2.19. The molecule has 0 aliphatic rings. The van der Waals surface area contributed by atoms with Gasteiger partial charge in [-0.05, 0) is 70.4 Å². The molecule has 0 N–H and O–H groups in total. The standard InChI is InChI=1S/C26H19BrClN3O3S/c1-17-5-7-22(8-6-17)35(33,34)31-16-24(23-13-20(27)14-29-26(23)31)19-9-10-30(25(32)12-19)15-18-3-2-4-21(28)11-18/h2-14,16H,15H2,1H3. The third kappa shape index (κ3) is 4.57. The lowest BCUT2D eigenvalue weighted by atomic mass is 10.1. The van der Waals surface area contributed by atoms with Crippen LogP contribution in [0.25, 0.3) is 22.2 Å². The van der Waals surface area contributed by atoms with Gasteiger partial charge in [-0.3, -0.25) is 4.79 Å². The molecule has 9 heteroatoms. The molecule has 3 aromatic heterocycles. The highest BCUT2D eigenvalue weighted by Gasteiger charge is 2.23. The molecule has 0 unspecified atom stereocenters. The minimum absolute atomic E-state index is 0.160. The third-order valence-corrected chi connectivity index (χ3v) is 8.04. The number of nitrogens with zero attached hydrogens (tertiary/aromatic N) is 3. The van der Waals surface area contributed by atoms with Crippen molar-refractivity contribution in [2.24, 2.45) is 0 Å². The molecule has 0 radical (unpaired) electrons. The molecule has 6 nitrogen and oxygen atoms in total. The van der Waals surface area contributed by atoms with Crippen LogP contribution in [0.15, 0.2) is 99.5 Å². The first-order valence-corrected chi connectivity index (χ1v) is 13.3. The first kappa shape index (κ1) is 23.5. The fourth-order valence-electron chi connectivity index (χ4n) is 3.93. The maximum atomic E-state index is 13.5. The number of halogens is 2. The number of rotatable bonds is 5. The lowest BCUT2D eigenvalue weighted by Gasteiger charge is -2.08. The molecule has 5 aromatic rings. The van der Waals surface area contributed by atoms with E-state index in [1.807, 2.05) is 25.1 Å². The molecular weight excluding hydrogens is 550 g/mol. The Morgan fingerprint density at radius 2 is 1.80 bits per heavy atom. The normalized spacial score (nSPS) is 11.7. The summed E-state index contributed by atoms with van der Waals surface area (Å²) in [6.07, 6.45) is 4.77. The van der Waals surface area contributed by atoms with E-state index in [9.17, 15) is 13.2 Å². The molecule has 0 fully saturated rings. The minimum atomic E-state index is -3.90. The summed E-state index contributed by atoms with van der Waals surface area (Å²) in [5.74, 6) is 0. The van der Waals surface area contributed by atoms with Crippen LogP contribution in [0.1, 0.15) is 11.1 Å². The maximum absolute atomic E-state index is 13.5. The molecule has 0 aliphatic carbocycles. The highest BCUT2D eigenvalue weighted by molar-refractivity contribution is 9.10. The smallest absolute Gasteiger partial charge is 0.269 e. The van der Waals surface area contributed by atoms with E-state index in [2.05, 4.69) is 20.9 Å². The topological polar surface area (TPSA) is 74.0 Å². The molecule has 0 atom stereocenters. The van der Waals surface area contributed by atoms with E-state index in [4.69, 9.17) is 11.6 Å². The molecule has 0 aliphatic heterocycles. The van der Waals surface area contributed by atoms with Crippen LogP contribution >= 0.6 is 27.5 Å². The van der Waals surface area contributed by atoms with Crippen molar-refractivity contribution in [2.75, 3.05) is 0 Å². The van der Waals surface area contributed by atoms with Crippen LogP contribution in [0.5, 0.6) is 0 Å². The largest absolute Gasteiger partial charge is 0.311 e. The van der Waals surface area contributed by atoms with Crippen molar-refractivity contribution in [3.8, 4) is 11.1 Å². The fraction of sp³-hybridized carbons (Fsp3) is 0.0769. The molecule has 0 saturated carbocycles. The molecule has 0 amide bonds. The van der Waals surface area contributed by atoms with Crippen molar-refractivity contribution >= 4 is 48.6 Å². The average molecular weight is 569 g/mol. The molecule has 0 spiro atoms. The van der Waals surface area contributed by atoms with Gasteiger partial charge >= 0.3 is 0 Å². The Morgan fingerprint density at radius 3 is 2.51 bits per heavy atom. The third-order valence-electron chi connectivity index (χ3n) is 5.71. The maximum Gasteiger partial charge on any atom is 0.269 e. The second-order valence-electron chi connectivity index (χ2n) is 8.19. The van der Waals surface area contributed by atoms with Gasteiger partial charge in [0.1, 0.15) is 0 Å². The van der Waals surface area contributed by atoms with Crippen LogP contribution in [-0.2, 0) is 16.6 Å². The van der Waals surface area contributed by atoms with E-state index in [1.54, 1.807) is 59.4 Å². The van der Waals surface area contributed by atoms with E-state index in [1.165, 1.54) is 16.2 Å². The van der Waals surface area contributed by atoms with Crippen molar-refractivity contribution in [3.05, 3.63) is 116 Å². The summed E-state index contributed by atoms with van der Waals surface area (Å²) >= 11 is 9.49. The Morgan fingerprint density at radius 1 is 1.03 bits per heavy atom. The molecule has 0 bridgehead atoms. The van der Waals surface area contributed by atoms with Gasteiger partial charge in [0.2, 0.25) is 0 Å². The minimum Gasteiger partial charge on any atom is -0.311 e. The zero-order valence-electron chi connectivity index (χ0n) is 18.5. The number of aryl methyl sites for hydroxylation is 1. The summed E-state index contributed by atoms with van der Waals surface area (Å²) in [5.41, 5.74) is 3.12. The van der Waals surface area contributed by atoms with E-state index in [0.29, 0.717) is 32.6 Å². The number of hydrogen-bond donors (Lipinski definition) is 0. The van der Waals surface area contributed by atoms with E-state index < -0.39 is 10.0 Å². The van der Waals surface area contributed by atoms with Crippen LogP contribution in [0, 0.1) is 6.92 Å². The van der Waals surface area contributed by atoms with Gasteiger partial charge in [-0.2, -0.15) is 0 Å². The summed E-state index contributed by atoms with van der Waals surface area (Å²) < 4.78 is 30.4. The van der Waals surface area contributed by atoms with Crippen molar-refractivity contribution in [2.45, 2.75) is 18.4 Å². The van der Waals surface area contributed by atoms with Crippen LogP contribution < -0.4 is 5.56 Å². The number of hydrogen-bond acceptors (Lipinski definition) is 4. The van der Waals surface area contributed by atoms with Crippen molar-refractivity contribution in [3.63, 3.8) is 0 Å². The Kier molecular flexibility index (Phi) is 6.13. The van der Waals surface area contributed by atoms with Crippen molar-refractivity contribution < 1.29 is 8.42 Å². The van der Waals surface area contributed by atoms with E-state index in [-0.39, 0.29) is 16.1 Å². The van der Waals surface area contributed by atoms with Gasteiger partial charge < -0.3 is 4.57 Å². The van der Waals surface area contributed by atoms with Crippen molar-refractivity contribution in [1.82, 2.24) is 13.5 Å². The highest BCUT2D eigenvalue weighted by Crippen LogP contribution is 2.33. The fourth-order valence-corrected chi connectivity index (χ4v) is 5.80. The SMILES string of the molecule is Cc1ccc(S(=O)(=O)n2cc(-c3ccn(Cc4cccc(Cl)c4)c(=O)c3)c3cc(Br)cnc32)cc1. The molecule has 35 heavy (non-hydrogen) atoms. The lowest BCUT2D eigenvalue weighted by molar-refractivity contribution is 0.589. The Hall–Kier alpha value is -3.20. The second-order valence-corrected chi connectivity index (χ2v) is 11.4. The van der Waals surface area contributed by atoms with Gasteiger partial charge in [-0.1, -0.05) is 41.4 Å². The number of fused-ring (bicyclic) bond motifs is 1. The van der Waals surface area contributed by atoms with Crippen LogP contribution in [-0.4, -0.2) is 21.9 Å². The number of pyridine rings is 2. The highest BCUT2D eigenvalue weighted by atomic mass is 79.9. The van der Waals surface area contributed by atoms with Gasteiger partial charge in [-0.25, -0.2) is 17.4 Å². The molecule has 176 valence electrons. The predicted octanol–water partition coefficient (Wildman–Crippen LogP) is 5.87. The molecule has 5 rings (SSSR count). The average Bonchev–Trinajstić information content (AvgIpc) is 3.20. The zero-order valence-corrected chi connectivity index (χ0v) is 21.7. The van der Waals surface area contributed by atoms with Crippen molar-refractivity contribution in [1.29, 1.82) is 0 Å². The van der Waals surface area contributed by atoms with Gasteiger partial charge in [0.15, 0.2) is 5.65 Å². The van der Waals surface area contributed by atoms with E-state index in [0.717, 1.165) is 11.1 Å². The molecule has 0 saturated heterocycles. The summed E-state index contributed by atoms with van der Waals surface area (Å²) in [5, 5.41) is 1.22. The summed E-state index contributed by atoms with van der Waals surface area (Å²) in [6.45, 7) is 2.27. The first-order chi connectivity index (χ1) is 16.7. The van der Waals surface area contributed by atoms with Gasteiger partial charge in [-0.15, -0.1) is 0 Å². The molecular formula is C26H19BrClN3O3S. The van der Waals surface area contributed by atoms with E-state index >= 15 is 0 Å². The van der Waals surface area contributed by atoms with Crippen LogP contribution in [0.4, 0.5) is 0 Å². The second kappa shape index (κ2) is 9.11. The van der Waals surface area contributed by atoms with Gasteiger partial charge in [0, 0.05) is 45.1 Å². The number of benzene rings is 2. The summed E-state index contributed by atoms with van der Waals surface area (Å²) in [6, 6.07) is 19.1. The Labute approximate surface area is 215 Å². The monoisotopic (exact) mass is 567 g/mol. The van der Waals surface area contributed by atoms with Crippen LogP contribution in [0.3, 0.4) is 0 Å². The summed E-state index contributed by atoms with van der Waals surface area (Å²) in [4.78, 5) is 17.5. The van der Waals surface area contributed by atoms with Gasteiger partial charge in [0.05, 0.1) is 11.4 Å². The molecule has 3 heterocycles. The van der Waals surface area contributed by atoms with Crippen LogP contribution in [0.2, 0.25) is 5.02 Å². The molecule has 2 aromatic carbocycles. The first-order valence-electron chi connectivity index (χ1n) is 10.7. The number of aromatic nitrogens is 3. The zero-order chi connectivity index (χ0) is 24.7.